The van der Waals surface area contributed by atoms with E-state index in [-0.39, 0.29) is 35.7 Å². The van der Waals surface area contributed by atoms with Crippen LogP contribution >= 0.6 is 0 Å². The molecule has 8 heteroatoms. The van der Waals surface area contributed by atoms with Gasteiger partial charge in [-0.05, 0) is 104 Å². The number of hydrogen-bond acceptors (Lipinski definition) is 8. The van der Waals surface area contributed by atoms with Crippen molar-refractivity contribution in [3.05, 3.63) is 0 Å². The number of unbranched alkanes of at least 4 members (excludes halogenated alkanes) is 23. The predicted molar refractivity (Wildman–Crippen MR) is 269 cm³/mol. The molecular weight excluding hydrogens is 799 g/mol. The standard InChI is InChI=1S/C56H107NO7/c1-6-10-12-14-16-18-20-22-28-38-50(36-8-3)53(58)62-47-33-26-24-30-42-56(61,44-32-35-49-64-55(60)52-40-45-57(5)46-41-52)43-31-25-27-34-48-63-54(59)51(37-9-4)39-29-23-21-19-17-15-13-11-7-2/h50-52,61H,6-49H2,1-5H3. The lowest BCUT2D eigenvalue weighted by molar-refractivity contribution is -0.150. The van der Waals surface area contributed by atoms with Gasteiger partial charge in [0.2, 0.25) is 0 Å². The first-order valence-electron chi connectivity index (χ1n) is 28.1. The van der Waals surface area contributed by atoms with Gasteiger partial charge in [0.15, 0.2) is 0 Å². The third kappa shape index (κ3) is 33.7. The smallest absolute Gasteiger partial charge is 0.309 e. The lowest BCUT2D eigenvalue weighted by atomic mass is 9.85. The molecule has 1 heterocycles. The van der Waals surface area contributed by atoms with Crippen LogP contribution in [0.25, 0.3) is 0 Å². The third-order valence-corrected chi connectivity index (χ3v) is 14.1. The largest absolute Gasteiger partial charge is 0.465 e. The first kappa shape index (κ1) is 60.3. The number of carbonyl (C=O) groups is 3. The van der Waals surface area contributed by atoms with Gasteiger partial charge in [0.25, 0.3) is 0 Å². The fourth-order valence-electron chi connectivity index (χ4n) is 9.73. The summed E-state index contributed by atoms with van der Waals surface area (Å²) < 4.78 is 17.3. The fourth-order valence-corrected chi connectivity index (χ4v) is 9.73. The van der Waals surface area contributed by atoms with E-state index in [2.05, 4.69) is 39.6 Å². The second-order valence-electron chi connectivity index (χ2n) is 20.3. The van der Waals surface area contributed by atoms with Gasteiger partial charge in [0, 0.05) is 0 Å². The summed E-state index contributed by atoms with van der Waals surface area (Å²) in [5.41, 5.74) is -0.734. The Morgan fingerprint density at radius 2 is 0.781 bits per heavy atom. The van der Waals surface area contributed by atoms with Crippen LogP contribution in [0.4, 0.5) is 0 Å². The van der Waals surface area contributed by atoms with E-state index in [1.807, 2.05) is 0 Å². The SMILES string of the molecule is CCCCCCCCCCCC(CCC)C(=O)OCCCCCCC(O)(CCCCCCOC(=O)C(CCC)CCCCCCCCCCC)CCCCOC(=O)C1CCN(C)CC1. The maximum absolute atomic E-state index is 12.9. The number of carbonyl (C=O) groups excluding carboxylic acids is 3. The van der Waals surface area contributed by atoms with Gasteiger partial charge in [0.05, 0.1) is 43.2 Å². The summed E-state index contributed by atoms with van der Waals surface area (Å²) >= 11 is 0. The number of nitrogens with zero attached hydrogens (tertiary/aromatic N) is 1. The van der Waals surface area contributed by atoms with E-state index in [4.69, 9.17) is 14.2 Å². The van der Waals surface area contributed by atoms with Gasteiger partial charge in [-0.15, -0.1) is 0 Å². The summed E-state index contributed by atoms with van der Waals surface area (Å²) in [4.78, 5) is 40.8. The molecule has 0 aliphatic carbocycles. The molecule has 1 aliphatic rings. The highest BCUT2D eigenvalue weighted by Gasteiger charge is 2.27. The Morgan fingerprint density at radius 1 is 0.453 bits per heavy atom. The second-order valence-corrected chi connectivity index (χ2v) is 20.3. The zero-order chi connectivity index (χ0) is 46.8. The van der Waals surface area contributed by atoms with Crippen molar-refractivity contribution in [2.75, 3.05) is 40.0 Å². The molecule has 0 radical (unpaired) electrons. The second kappa shape index (κ2) is 42.7. The maximum Gasteiger partial charge on any atom is 0.309 e. The number of likely N-dealkylation sites (tertiary alicyclic amines) is 1. The molecule has 2 unspecified atom stereocenters. The molecule has 1 aliphatic heterocycles. The average molecular weight is 906 g/mol. The quantitative estimate of drug-likeness (QED) is 0.0366. The maximum atomic E-state index is 12.9. The van der Waals surface area contributed by atoms with E-state index in [1.165, 1.54) is 103 Å². The van der Waals surface area contributed by atoms with Gasteiger partial charge in [-0.25, -0.2) is 0 Å². The lowest BCUT2D eigenvalue weighted by Crippen LogP contribution is -2.34. The zero-order valence-corrected chi connectivity index (χ0v) is 43.2. The molecule has 0 amide bonds. The highest BCUT2D eigenvalue weighted by atomic mass is 16.5. The molecule has 1 N–H and O–H groups in total. The van der Waals surface area contributed by atoms with Gasteiger partial charge in [-0.1, -0.05) is 195 Å². The lowest BCUT2D eigenvalue weighted by Gasteiger charge is -2.29. The van der Waals surface area contributed by atoms with Crippen molar-refractivity contribution in [3.8, 4) is 0 Å². The molecule has 0 spiro atoms. The Bertz CT molecular complexity index is 1020. The number of ether oxygens (including phenoxy) is 3. The van der Waals surface area contributed by atoms with Crippen LogP contribution in [-0.4, -0.2) is 73.5 Å². The van der Waals surface area contributed by atoms with Crippen molar-refractivity contribution in [3.63, 3.8) is 0 Å². The zero-order valence-electron chi connectivity index (χ0n) is 43.2. The van der Waals surface area contributed by atoms with E-state index in [0.29, 0.717) is 26.2 Å². The molecule has 1 fully saturated rings. The summed E-state index contributed by atoms with van der Waals surface area (Å²) in [5.74, 6) is 0.0281. The Morgan fingerprint density at radius 3 is 1.19 bits per heavy atom. The normalized spacial score (nSPS) is 15.5. The molecule has 1 rings (SSSR count). The van der Waals surface area contributed by atoms with Crippen LogP contribution in [0.5, 0.6) is 0 Å². The molecule has 0 saturated carbocycles. The van der Waals surface area contributed by atoms with Crippen molar-refractivity contribution in [1.29, 1.82) is 0 Å². The molecule has 2 atom stereocenters. The molecule has 0 aromatic rings. The molecular formula is C56H107NO7. The number of esters is 3. The van der Waals surface area contributed by atoms with E-state index >= 15 is 0 Å². The third-order valence-electron chi connectivity index (χ3n) is 14.1. The molecule has 8 nitrogen and oxygen atoms in total. The first-order chi connectivity index (χ1) is 31.2. The summed E-state index contributed by atoms with van der Waals surface area (Å²) in [7, 11) is 2.10. The van der Waals surface area contributed by atoms with Crippen LogP contribution in [0, 0.1) is 17.8 Å². The van der Waals surface area contributed by atoms with Crippen LogP contribution in [0.15, 0.2) is 0 Å². The predicted octanol–water partition coefficient (Wildman–Crippen LogP) is 15.4. The Hall–Kier alpha value is -1.67. The number of aliphatic hydroxyl groups is 1. The highest BCUT2D eigenvalue weighted by molar-refractivity contribution is 5.73. The van der Waals surface area contributed by atoms with Gasteiger partial charge >= 0.3 is 17.9 Å². The van der Waals surface area contributed by atoms with Crippen molar-refractivity contribution >= 4 is 17.9 Å². The van der Waals surface area contributed by atoms with Crippen molar-refractivity contribution in [2.24, 2.45) is 17.8 Å². The summed E-state index contributed by atoms with van der Waals surface area (Å²) in [5, 5.41) is 11.9. The molecule has 1 saturated heterocycles. The van der Waals surface area contributed by atoms with Crippen molar-refractivity contribution in [2.45, 2.75) is 284 Å². The monoisotopic (exact) mass is 906 g/mol. The minimum atomic E-state index is -0.734. The fraction of sp³-hybridized carbons (Fsp3) is 0.946. The van der Waals surface area contributed by atoms with Crippen LogP contribution < -0.4 is 0 Å². The van der Waals surface area contributed by atoms with E-state index in [0.717, 1.165) is 154 Å². The summed E-state index contributed by atoms with van der Waals surface area (Å²) in [6, 6.07) is 0. The van der Waals surface area contributed by atoms with Crippen molar-refractivity contribution in [1.82, 2.24) is 4.90 Å². The topological polar surface area (TPSA) is 102 Å². The highest BCUT2D eigenvalue weighted by Crippen LogP contribution is 2.29. The van der Waals surface area contributed by atoms with Gasteiger partial charge in [-0.3, -0.25) is 14.4 Å². The number of rotatable bonds is 46. The van der Waals surface area contributed by atoms with Crippen LogP contribution in [0.2, 0.25) is 0 Å². The molecule has 0 aromatic carbocycles. The summed E-state index contributed by atoms with van der Waals surface area (Å²) in [6.07, 6.45) is 42.3. The summed E-state index contributed by atoms with van der Waals surface area (Å²) in [6.45, 7) is 12.1. The molecule has 378 valence electrons. The molecule has 0 aromatic heterocycles. The Labute approximate surface area is 396 Å². The number of piperidine rings is 1. The van der Waals surface area contributed by atoms with Crippen molar-refractivity contribution < 1.29 is 33.7 Å². The van der Waals surface area contributed by atoms with E-state index in [1.54, 1.807) is 0 Å². The Balaban J connectivity index is 2.43. The minimum Gasteiger partial charge on any atom is -0.465 e. The number of hydrogen-bond donors (Lipinski definition) is 1. The molecule has 64 heavy (non-hydrogen) atoms. The van der Waals surface area contributed by atoms with Crippen LogP contribution in [0.1, 0.15) is 278 Å². The van der Waals surface area contributed by atoms with Crippen LogP contribution in [-0.2, 0) is 28.6 Å². The van der Waals surface area contributed by atoms with Gasteiger partial charge < -0.3 is 24.2 Å². The van der Waals surface area contributed by atoms with Gasteiger partial charge in [0.1, 0.15) is 0 Å². The molecule has 0 bridgehead atoms. The first-order valence-corrected chi connectivity index (χ1v) is 28.1. The van der Waals surface area contributed by atoms with Gasteiger partial charge in [-0.2, -0.15) is 0 Å². The minimum absolute atomic E-state index is 0.00369. The van der Waals surface area contributed by atoms with E-state index < -0.39 is 5.60 Å². The van der Waals surface area contributed by atoms with Crippen LogP contribution in [0.3, 0.4) is 0 Å². The Kier molecular flexibility index (Phi) is 40.2. The van der Waals surface area contributed by atoms with E-state index in [9.17, 15) is 19.5 Å². The average Bonchev–Trinajstić information content (AvgIpc) is 3.29.